The molecule has 0 spiro atoms. The summed E-state index contributed by atoms with van der Waals surface area (Å²) in [7, 11) is 1.60. The van der Waals surface area contributed by atoms with Crippen LogP contribution in [-0.4, -0.2) is 47.4 Å². The summed E-state index contributed by atoms with van der Waals surface area (Å²) in [6.45, 7) is 2.74. The SMILES string of the molecule is COc1ccccc1CC(=O)N1C[C@@H](Cc2cc(C)no2)[C@H](O)C1. The van der Waals surface area contributed by atoms with Gasteiger partial charge in [-0.15, -0.1) is 0 Å². The maximum absolute atomic E-state index is 12.6. The molecule has 1 aliphatic heterocycles. The zero-order chi connectivity index (χ0) is 17.1. The quantitative estimate of drug-likeness (QED) is 0.901. The Bertz CT molecular complexity index is 713. The number of likely N-dealkylation sites (tertiary alicyclic amines) is 1. The van der Waals surface area contributed by atoms with E-state index in [2.05, 4.69) is 5.16 Å². The first-order chi connectivity index (χ1) is 11.6. The van der Waals surface area contributed by atoms with Crippen molar-refractivity contribution < 1.29 is 19.2 Å². The number of carbonyl (C=O) groups excluding carboxylic acids is 1. The molecule has 128 valence electrons. The van der Waals surface area contributed by atoms with Crippen LogP contribution in [0.3, 0.4) is 0 Å². The highest BCUT2D eigenvalue weighted by Crippen LogP contribution is 2.24. The van der Waals surface area contributed by atoms with Crippen LogP contribution in [0, 0.1) is 12.8 Å². The molecule has 3 rings (SSSR count). The van der Waals surface area contributed by atoms with Crippen molar-refractivity contribution in [3.05, 3.63) is 47.3 Å². The Kier molecular flexibility index (Phi) is 4.85. The summed E-state index contributed by atoms with van der Waals surface area (Å²) >= 11 is 0. The Morgan fingerprint density at radius 2 is 2.21 bits per heavy atom. The standard InChI is InChI=1S/C18H22N2O4/c1-12-7-15(24-19-12)8-14-10-20(11-16(14)21)18(22)9-13-5-3-4-6-17(13)23-2/h3-7,14,16,21H,8-11H2,1-2H3/t14-,16-/m1/s1. The Hall–Kier alpha value is -2.34. The fourth-order valence-electron chi connectivity index (χ4n) is 3.15. The summed E-state index contributed by atoms with van der Waals surface area (Å²) in [4.78, 5) is 14.3. The fourth-order valence-corrected chi connectivity index (χ4v) is 3.15. The van der Waals surface area contributed by atoms with E-state index in [1.165, 1.54) is 0 Å². The monoisotopic (exact) mass is 330 g/mol. The normalized spacial score (nSPS) is 20.4. The number of rotatable bonds is 5. The molecular weight excluding hydrogens is 308 g/mol. The molecule has 24 heavy (non-hydrogen) atoms. The molecule has 1 aromatic heterocycles. The van der Waals surface area contributed by atoms with E-state index < -0.39 is 6.10 Å². The predicted octanol–water partition coefficient (Wildman–Crippen LogP) is 1.60. The van der Waals surface area contributed by atoms with Gasteiger partial charge in [-0.1, -0.05) is 23.4 Å². The lowest BCUT2D eigenvalue weighted by atomic mass is 10.0. The lowest BCUT2D eigenvalue weighted by Crippen LogP contribution is -2.31. The number of aromatic nitrogens is 1. The number of aliphatic hydroxyl groups is 1. The average Bonchev–Trinajstić information content (AvgIpc) is 3.14. The van der Waals surface area contributed by atoms with Crippen molar-refractivity contribution in [1.82, 2.24) is 10.1 Å². The van der Waals surface area contributed by atoms with E-state index in [1.54, 1.807) is 12.0 Å². The van der Waals surface area contributed by atoms with Gasteiger partial charge in [-0.3, -0.25) is 4.79 Å². The smallest absolute Gasteiger partial charge is 0.227 e. The number of benzene rings is 1. The van der Waals surface area contributed by atoms with Gasteiger partial charge in [0.15, 0.2) is 0 Å². The molecule has 1 amide bonds. The number of nitrogens with zero attached hydrogens (tertiary/aromatic N) is 2. The summed E-state index contributed by atoms with van der Waals surface area (Å²) in [5.41, 5.74) is 1.68. The molecule has 6 nitrogen and oxygen atoms in total. The van der Waals surface area contributed by atoms with Crippen LogP contribution in [0.5, 0.6) is 5.75 Å². The minimum absolute atomic E-state index is 0.00481. The van der Waals surface area contributed by atoms with E-state index in [0.717, 1.165) is 17.0 Å². The second kappa shape index (κ2) is 7.05. The van der Waals surface area contributed by atoms with Crippen LogP contribution in [0.4, 0.5) is 0 Å². The molecule has 1 saturated heterocycles. The summed E-state index contributed by atoms with van der Waals surface area (Å²) in [6.07, 6.45) is 0.308. The number of β-amino-alcohol motifs (C(OH)–C–C–N with tert-alkyl or cyclic N) is 1. The molecule has 2 aromatic rings. The number of para-hydroxylation sites is 1. The van der Waals surface area contributed by atoms with Crippen molar-refractivity contribution in [2.75, 3.05) is 20.2 Å². The molecule has 0 aliphatic carbocycles. The lowest BCUT2D eigenvalue weighted by Gasteiger charge is -2.17. The number of aliphatic hydroxyl groups excluding tert-OH is 1. The van der Waals surface area contributed by atoms with Crippen LogP contribution in [0.2, 0.25) is 0 Å². The summed E-state index contributed by atoms with van der Waals surface area (Å²) < 4.78 is 10.5. The minimum atomic E-state index is -0.544. The van der Waals surface area contributed by atoms with E-state index in [1.807, 2.05) is 37.3 Å². The summed E-state index contributed by atoms with van der Waals surface area (Å²) in [5, 5.41) is 14.1. The minimum Gasteiger partial charge on any atom is -0.496 e. The molecule has 0 bridgehead atoms. The third-order valence-corrected chi connectivity index (χ3v) is 4.43. The molecule has 1 aromatic carbocycles. The third-order valence-electron chi connectivity index (χ3n) is 4.43. The van der Waals surface area contributed by atoms with Gasteiger partial charge in [0.1, 0.15) is 11.5 Å². The van der Waals surface area contributed by atoms with E-state index in [4.69, 9.17) is 9.26 Å². The topological polar surface area (TPSA) is 75.8 Å². The predicted molar refractivity (Wildman–Crippen MR) is 87.7 cm³/mol. The summed E-state index contributed by atoms with van der Waals surface area (Å²) in [5.74, 6) is 1.42. The molecule has 2 atom stereocenters. The molecule has 0 radical (unpaired) electrons. The van der Waals surface area contributed by atoms with Crippen molar-refractivity contribution in [3.8, 4) is 5.75 Å². The van der Waals surface area contributed by atoms with Crippen LogP contribution in [-0.2, 0) is 17.6 Å². The molecular formula is C18H22N2O4. The van der Waals surface area contributed by atoms with Crippen LogP contribution >= 0.6 is 0 Å². The number of ether oxygens (including phenoxy) is 1. The van der Waals surface area contributed by atoms with Gasteiger partial charge in [-0.25, -0.2) is 0 Å². The Balaban J connectivity index is 1.62. The zero-order valence-corrected chi connectivity index (χ0v) is 13.9. The molecule has 1 N–H and O–H groups in total. The van der Waals surface area contributed by atoms with Crippen molar-refractivity contribution >= 4 is 5.91 Å². The molecule has 0 unspecified atom stereocenters. The maximum atomic E-state index is 12.6. The van der Waals surface area contributed by atoms with Crippen molar-refractivity contribution in [1.29, 1.82) is 0 Å². The van der Waals surface area contributed by atoms with Gasteiger partial charge in [0.2, 0.25) is 5.91 Å². The number of hydrogen-bond acceptors (Lipinski definition) is 5. The highest BCUT2D eigenvalue weighted by Gasteiger charge is 2.34. The van der Waals surface area contributed by atoms with Gasteiger partial charge in [0, 0.05) is 37.1 Å². The van der Waals surface area contributed by atoms with Gasteiger partial charge < -0.3 is 19.3 Å². The Labute approximate surface area is 141 Å². The Morgan fingerprint density at radius 1 is 1.42 bits per heavy atom. The molecule has 0 saturated carbocycles. The molecule has 1 fully saturated rings. The van der Waals surface area contributed by atoms with Crippen LogP contribution in [0.15, 0.2) is 34.9 Å². The zero-order valence-electron chi connectivity index (χ0n) is 13.9. The van der Waals surface area contributed by atoms with Crippen LogP contribution in [0.25, 0.3) is 0 Å². The largest absolute Gasteiger partial charge is 0.496 e. The highest BCUT2D eigenvalue weighted by atomic mass is 16.5. The molecule has 1 aliphatic rings. The second-order valence-corrected chi connectivity index (χ2v) is 6.25. The average molecular weight is 330 g/mol. The second-order valence-electron chi connectivity index (χ2n) is 6.25. The first-order valence-corrected chi connectivity index (χ1v) is 8.06. The van der Waals surface area contributed by atoms with E-state index >= 15 is 0 Å². The maximum Gasteiger partial charge on any atom is 0.227 e. The number of methoxy groups -OCH3 is 1. The molecule has 2 heterocycles. The highest BCUT2D eigenvalue weighted by molar-refractivity contribution is 5.79. The lowest BCUT2D eigenvalue weighted by molar-refractivity contribution is -0.129. The van der Waals surface area contributed by atoms with Crippen molar-refractivity contribution in [3.63, 3.8) is 0 Å². The van der Waals surface area contributed by atoms with E-state index in [-0.39, 0.29) is 18.2 Å². The van der Waals surface area contributed by atoms with E-state index in [0.29, 0.717) is 25.3 Å². The number of carbonyl (C=O) groups is 1. The van der Waals surface area contributed by atoms with Crippen LogP contribution in [0.1, 0.15) is 17.0 Å². The van der Waals surface area contributed by atoms with Crippen molar-refractivity contribution in [2.45, 2.75) is 25.9 Å². The summed E-state index contributed by atoms with van der Waals surface area (Å²) in [6, 6.07) is 9.36. The van der Waals surface area contributed by atoms with Crippen LogP contribution < -0.4 is 4.74 Å². The number of hydrogen-bond donors (Lipinski definition) is 1. The Morgan fingerprint density at radius 3 is 2.92 bits per heavy atom. The number of aryl methyl sites for hydroxylation is 1. The van der Waals surface area contributed by atoms with E-state index in [9.17, 15) is 9.90 Å². The van der Waals surface area contributed by atoms with Gasteiger partial charge >= 0.3 is 0 Å². The molecule has 6 heteroatoms. The van der Waals surface area contributed by atoms with Gasteiger partial charge in [0.05, 0.1) is 25.3 Å². The third kappa shape index (κ3) is 3.59. The van der Waals surface area contributed by atoms with Gasteiger partial charge in [-0.2, -0.15) is 0 Å². The number of amides is 1. The fraction of sp³-hybridized carbons (Fsp3) is 0.444. The first-order valence-electron chi connectivity index (χ1n) is 8.06. The first kappa shape index (κ1) is 16.5. The van der Waals surface area contributed by atoms with Gasteiger partial charge in [0.25, 0.3) is 0 Å². The van der Waals surface area contributed by atoms with Gasteiger partial charge in [-0.05, 0) is 13.0 Å². The van der Waals surface area contributed by atoms with Crippen molar-refractivity contribution in [2.24, 2.45) is 5.92 Å².